The number of carbonyl (C=O) groups is 1. The number of halogens is 3. The molecular formula is C19H28Cl2FN3O. The molecule has 0 aromatic heterocycles. The fourth-order valence-corrected chi connectivity index (χ4v) is 4.59. The summed E-state index contributed by atoms with van der Waals surface area (Å²) in [6.45, 7) is 6.51. The fourth-order valence-electron chi connectivity index (χ4n) is 4.59. The highest BCUT2D eigenvalue weighted by Crippen LogP contribution is 2.29. The summed E-state index contributed by atoms with van der Waals surface area (Å²) >= 11 is 0. The second kappa shape index (κ2) is 9.36. The van der Waals surface area contributed by atoms with Gasteiger partial charge in [0.1, 0.15) is 5.82 Å². The standard InChI is InChI=1S/C19H26FN3O.2ClH/c20-18-5-1-3-14(7-18)10-22-6-2-4-15(11-22)19(24)23-12-16-8-21-9-17(16)13-23;;/h1,3,5,7,15-17,21H,2,4,6,8-13H2;2*1H/t15?,16-,17+;;. The van der Waals surface area contributed by atoms with Gasteiger partial charge < -0.3 is 10.2 Å². The molecule has 1 aromatic rings. The number of hydrogen-bond donors (Lipinski definition) is 1. The molecule has 4 nitrogen and oxygen atoms in total. The molecule has 4 rings (SSSR count). The first-order valence-electron chi connectivity index (χ1n) is 9.15. The van der Waals surface area contributed by atoms with Gasteiger partial charge in [-0.3, -0.25) is 9.69 Å². The molecule has 1 aromatic carbocycles. The Morgan fingerprint density at radius 1 is 1.15 bits per heavy atom. The summed E-state index contributed by atoms with van der Waals surface area (Å²) in [5, 5.41) is 3.43. The number of nitrogens with zero attached hydrogens (tertiary/aromatic N) is 2. The first-order valence-corrected chi connectivity index (χ1v) is 9.15. The highest BCUT2D eigenvalue weighted by atomic mass is 35.5. The fraction of sp³-hybridized carbons (Fsp3) is 0.632. The molecule has 3 aliphatic heterocycles. The average molecular weight is 404 g/mol. The molecule has 3 saturated heterocycles. The third-order valence-electron chi connectivity index (χ3n) is 5.85. The molecule has 0 spiro atoms. The molecule has 1 N–H and O–H groups in total. The topological polar surface area (TPSA) is 35.6 Å². The lowest BCUT2D eigenvalue weighted by Crippen LogP contribution is -2.44. The summed E-state index contributed by atoms with van der Waals surface area (Å²) in [6, 6.07) is 6.79. The van der Waals surface area contributed by atoms with Crippen LogP contribution in [0.4, 0.5) is 4.39 Å². The van der Waals surface area contributed by atoms with Crippen molar-refractivity contribution in [2.75, 3.05) is 39.3 Å². The minimum Gasteiger partial charge on any atom is -0.342 e. The van der Waals surface area contributed by atoms with E-state index in [4.69, 9.17) is 0 Å². The van der Waals surface area contributed by atoms with Crippen molar-refractivity contribution in [3.05, 3.63) is 35.6 Å². The van der Waals surface area contributed by atoms with Crippen molar-refractivity contribution in [1.29, 1.82) is 0 Å². The van der Waals surface area contributed by atoms with Gasteiger partial charge in [0, 0.05) is 39.3 Å². The Kier molecular flexibility index (Phi) is 7.71. The highest BCUT2D eigenvalue weighted by molar-refractivity contribution is 5.85. The van der Waals surface area contributed by atoms with Gasteiger partial charge in [0.25, 0.3) is 0 Å². The second-order valence-electron chi connectivity index (χ2n) is 7.63. The van der Waals surface area contributed by atoms with Crippen molar-refractivity contribution in [2.24, 2.45) is 17.8 Å². The summed E-state index contributed by atoms with van der Waals surface area (Å²) in [7, 11) is 0. The Hall–Kier alpha value is -0.880. The summed E-state index contributed by atoms with van der Waals surface area (Å²) in [5.41, 5.74) is 0.991. The van der Waals surface area contributed by atoms with Crippen molar-refractivity contribution in [3.63, 3.8) is 0 Å². The van der Waals surface area contributed by atoms with Crippen molar-refractivity contribution in [2.45, 2.75) is 19.4 Å². The van der Waals surface area contributed by atoms with Gasteiger partial charge in [0.05, 0.1) is 5.92 Å². The lowest BCUT2D eigenvalue weighted by Gasteiger charge is -2.34. The predicted molar refractivity (Wildman–Crippen MR) is 105 cm³/mol. The Balaban J connectivity index is 0.00000121. The normalized spacial score (nSPS) is 28.2. The van der Waals surface area contributed by atoms with Crippen LogP contribution in [0.15, 0.2) is 24.3 Å². The van der Waals surface area contributed by atoms with Crippen molar-refractivity contribution < 1.29 is 9.18 Å². The van der Waals surface area contributed by atoms with E-state index in [9.17, 15) is 9.18 Å². The van der Waals surface area contributed by atoms with Gasteiger partial charge in [-0.2, -0.15) is 0 Å². The first kappa shape index (κ1) is 21.4. The van der Waals surface area contributed by atoms with Gasteiger partial charge in [0.15, 0.2) is 0 Å². The monoisotopic (exact) mass is 403 g/mol. The lowest BCUT2D eigenvalue weighted by molar-refractivity contribution is -0.136. The zero-order valence-corrected chi connectivity index (χ0v) is 16.5. The molecule has 1 unspecified atom stereocenters. The van der Waals surface area contributed by atoms with E-state index in [1.165, 1.54) is 6.07 Å². The number of likely N-dealkylation sites (tertiary alicyclic amines) is 2. The SMILES string of the molecule is Cl.Cl.O=C(C1CCCN(Cc2cccc(F)c2)C1)N1C[C@H]2CNC[C@H]2C1. The van der Waals surface area contributed by atoms with E-state index in [0.29, 0.717) is 17.7 Å². The smallest absolute Gasteiger partial charge is 0.226 e. The predicted octanol–water partition coefficient (Wildman–Crippen LogP) is 2.56. The maximum absolute atomic E-state index is 13.4. The van der Waals surface area contributed by atoms with Gasteiger partial charge in [-0.25, -0.2) is 4.39 Å². The van der Waals surface area contributed by atoms with Gasteiger partial charge in [0.2, 0.25) is 5.91 Å². The van der Waals surface area contributed by atoms with E-state index < -0.39 is 0 Å². The van der Waals surface area contributed by atoms with Gasteiger partial charge in [-0.05, 0) is 48.9 Å². The maximum atomic E-state index is 13.4. The first-order chi connectivity index (χ1) is 11.7. The molecule has 0 bridgehead atoms. The molecule has 3 heterocycles. The molecule has 7 heteroatoms. The third kappa shape index (κ3) is 4.69. The summed E-state index contributed by atoms with van der Waals surface area (Å²) in [4.78, 5) is 17.3. The zero-order chi connectivity index (χ0) is 16.5. The lowest BCUT2D eigenvalue weighted by atomic mass is 9.96. The number of piperidine rings is 1. The van der Waals surface area contributed by atoms with Crippen LogP contribution in [-0.2, 0) is 11.3 Å². The number of rotatable bonds is 3. The third-order valence-corrected chi connectivity index (χ3v) is 5.85. The van der Waals surface area contributed by atoms with Crippen LogP contribution in [0.1, 0.15) is 18.4 Å². The molecule has 3 aliphatic rings. The van der Waals surface area contributed by atoms with Crippen molar-refractivity contribution in [1.82, 2.24) is 15.1 Å². The number of fused-ring (bicyclic) bond motifs is 1. The van der Waals surface area contributed by atoms with Crippen LogP contribution in [0, 0.1) is 23.6 Å². The van der Waals surface area contributed by atoms with Crippen molar-refractivity contribution in [3.8, 4) is 0 Å². The highest BCUT2D eigenvalue weighted by Gasteiger charge is 2.40. The minimum atomic E-state index is -0.186. The largest absolute Gasteiger partial charge is 0.342 e. The van der Waals surface area contributed by atoms with Crippen LogP contribution < -0.4 is 5.32 Å². The number of hydrogen-bond acceptors (Lipinski definition) is 3. The summed E-state index contributed by atoms with van der Waals surface area (Å²) < 4.78 is 13.4. The number of nitrogens with one attached hydrogen (secondary N) is 1. The molecule has 3 fully saturated rings. The zero-order valence-electron chi connectivity index (χ0n) is 14.9. The minimum absolute atomic E-state index is 0. The van der Waals surface area contributed by atoms with Crippen LogP contribution in [0.3, 0.4) is 0 Å². The molecule has 146 valence electrons. The Bertz CT molecular complexity index is 606. The number of carbonyl (C=O) groups excluding carboxylic acids is 1. The van der Waals surface area contributed by atoms with Crippen molar-refractivity contribution >= 4 is 30.7 Å². The number of benzene rings is 1. The molecule has 0 radical (unpaired) electrons. The molecule has 26 heavy (non-hydrogen) atoms. The van der Waals surface area contributed by atoms with E-state index in [-0.39, 0.29) is 36.5 Å². The Morgan fingerprint density at radius 2 is 1.88 bits per heavy atom. The van der Waals surface area contributed by atoms with Crippen LogP contribution in [-0.4, -0.2) is 55.0 Å². The summed E-state index contributed by atoms with van der Waals surface area (Å²) in [5.74, 6) is 1.57. The van der Waals surface area contributed by atoms with E-state index in [1.807, 2.05) is 6.07 Å². The van der Waals surface area contributed by atoms with E-state index >= 15 is 0 Å². The molecular weight excluding hydrogens is 376 g/mol. The quantitative estimate of drug-likeness (QED) is 0.841. The molecule has 0 saturated carbocycles. The van der Waals surface area contributed by atoms with Crippen LogP contribution in [0.2, 0.25) is 0 Å². The van der Waals surface area contributed by atoms with E-state index in [2.05, 4.69) is 15.1 Å². The molecule has 1 amide bonds. The van der Waals surface area contributed by atoms with Gasteiger partial charge in [-0.1, -0.05) is 12.1 Å². The molecule has 0 aliphatic carbocycles. The summed E-state index contributed by atoms with van der Waals surface area (Å²) in [6.07, 6.45) is 2.04. The van der Waals surface area contributed by atoms with Crippen LogP contribution in [0.25, 0.3) is 0 Å². The second-order valence-corrected chi connectivity index (χ2v) is 7.63. The Morgan fingerprint density at radius 3 is 2.58 bits per heavy atom. The maximum Gasteiger partial charge on any atom is 0.226 e. The number of amides is 1. The Labute approximate surface area is 167 Å². The molecule has 3 atom stereocenters. The van der Waals surface area contributed by atoms with E-state index in [0.717, 1.165) is 64.2 Å². The van der Waals surface area contributed by atoms with Gasteiger partial charge in [-0.15, -0.1) is 24.8 Å². The van der Waals surface area contributed by atoms with Crippen LogP contribution in [0.5, 0.6) is 0 Å². The van der Waals surface area contributed by atoms with Gasteiger partial charge >= 0.3 is 0 Å². The van der Waals surface area contributed by atoms with E-state index in [1.54, 1.807) is 12.1 Å². The average Bonchev–Trinajstić information content (AvgIpc) is 3.16. The van der Waals surface area contributed by atoms with Crippen LogP contribution >= 0.6 is 24.8 Å².